The van der Waals surface area contributed by atoms with Gasteiger partial charge in [-0.15, -0.1) is 16.7 Å². The van der Waals surface area contributed by atoms with E-state index in [2.05, 4.69) is 34.7 Å². The van der Waals surface area contributed by atoms with Gasteiger partial charge in [0.2, 0.25) is 16.7 Å². The molecule has 3 amide bonds. The Morgan fingerprint density at radius 2 is 1.91 bits per heavy atom. The zero-order valence-corrected chi connectivity index (χ0v) is 33.1. The van der Waals surface area contributed by atoms with Crippen molar-refractivity contribution in [3.63, 3.8) is 0 Å². The maximum absolute atomic E-state index is 14.0. The Morgan fingerprint density at radius 1 is 1.12 bits per heavy atom. The predicted molar refractivity (Wildman–Crippen MR) is 205 cm³/mol. The molecule has 17 nitrogen and oxygen atoms in total. The largest absolute Gasteiger partial charge is 0.497 e. The minimum absolute atomic E-state index is 0.0301. The fourth-order valence-corrected chi connectivity index (χ4v) is 8.07. The predicted octanol–water partition coefficient (Wildman–Crippen LogP) is 3.78. The number of rotatable bonds is 14. The number of ether oxygens (including phenoxy) is 3. The third-order valence-corrected chi connectivity index (χ3v) is 10.9. The first kappa shape index (κ1) is 38.7. The number of imidazole rings is 1. The quantitative estimate of drug-likeness (QED) is 0.0618. The molecule has 294 valence electrons. The molecule has 0 bridgehead atoms. The van der Waals surface area contributed by atoms with E-state index in [0.29, 0.717) is 29.5 Å². The topological polar surface area (TPSA) is 192 Å². The third kappa shape index (κ3) is 8.62. The van der Waals surface area contributed by atoms with E-state index in [1.807, 2.05) is 23.0 Å². The van der Waals surface area contributed by atoms with E-state index >= 15 is 0 Å². The van der Waals surface area contributed by atoms with Crippen molar-refractivity contribution in [3.8, 4) is 5.75 Å². The van der Waals surface area contributed by atoms with Gasteiger partial charge in [0.15, 0.2) is 11.8 Å². The van der Waals surface area contributed by atoms with E-state index < -0.39 is 40.9 Å². The summed E-state index contributed by atoms with van der Waals surface area (Å²) < 4.78 is 24.7. The second-order valence-electron chi connectivity index (χ2n) is 14.3. The van der Waals surface area contributed by atoms with Gasteiger partial charge >= 0.3 is 17.7 Å². The molecule has 1 aliphatic carbocycles. The summed E-state index contributed by atoms with van der Waals surface area (Å²) in [5.41, 5.74) is 2.26. The number of fused-ring (bicyclic) bond motifs is 2. The van der Waals surface area contributed by atoms with Gasteiger partial charge in [-0.2, -0.15) is 9.36 Å². The number of carbonyl (C=O) groups excluding carboxylic acids is 4. The highest BCUT2D eigenvalue weighted by Gasteiger charge is 2.55. The van der Waals surface area contributed by atoms with Crippen LogP contribution >= 0.6 is 23.3 Å². The lowest BCUT2D eigenvalue weighted by molar-refractivity contribution is -0.665. The molecule has 7 rings (SSSR count). The number of carbonyl (C=O) groups is 4. The minimum Gasteiger partial charge on any atom is -0.497 e. The van der Waals surface area contributed by atoms with Crippen LogP contribution in [-0.2, 0) is 48.4 Å². The molecule has 0 spiro atoms. The first-order valence-corrected chi connectivity index (χ1v) is 19.9. The van der Waals surface area contributed by atoms with Gasteiger partial charge in [0.1, 0.15) is 47.9 Å². The second kappa shape index (κ2) is 16.3. The van der Waals surface area contributed by atoms with E-state index in [0.717, 1.165) is 34.8 Å². The summed E-state index contributed by atoms with van der Waals surface area (Å²) in [6.45, 7) is 8.13. The van der Waals surface area contributed by atoms with E-state index in [1.165, 1.54) is 29.5 Å². The van der Waals surface area contributed by atoms with Crippen LogP contribution in [-0.4, -0.2) is 89.9 Å². The standard InChI is InChI=1S/C37H41N9O8S2/c1-6-53-42-26(29-40-35(56-43-29)41-36(50)54-37(2,3)4)31(47)39-27-32(48)46-28(34(49)52-18-22-11-13-24(51-5)14-12-22)23(19-55-33(27)46)17-45-20-44(16-21-9-10-21)25-8-7-15-38-30(25)45/h7-8,11-15,20-21,27,33H,6,9-10,16-19H2,1-5H3,(H-,39,40,41,43,47,50)/p+1/b42-26-. The highest BCUT2D eigenvalue weighted by Crippen LogP contribution is 2.41. The average molecular weight is 805 g/mol. The van der Waals surface area contributed by atoms with Crippen molar-refractivity contribution < 1.29 is 42.8 Å². The van der Waals surface area contributed by atoms with Gasteiger partial charge < -0.3 is 24.4 Å². The number of oxime groups is 1. The molecule has 2 unspecified atom stereocenters. The Labute approximate surface area is 330 Å². The molecule has 3 aromatic heterocycles. The van der Waals surface area contributed by atoms with E-state index in [9.17, 15) is 19.2 Å². The van der Waals surface area contributed by atoms with Crippen molar-refractivity contribution in [2.24, 2.45) is 11.1 Å². The Kier molecular flexibility index (Phi) is 11.2. The number of nitrogens with one attached hydrogen (secondary N) is 2. The minimum atomic E-state index is -1.02. The number of anilines is 1. The highest BCUT2D eigenvalue weighted by atomic mass is 32.2. The van der Waals surface area contributed by atoms with E-state index in [4.69, 9.17) is 19.0 Å². The third-order valence-electron chi connectivity index (χ3n) is 8.94. The van der Waals surface area contributed by atoms with Crippen LogP contribution in [0.3, 0.4) is 0 Å². The molecule has 3 aliphatic rings. The normalized spacial score (nSPS) is 18.3. The number of hydrogen-bond acceptors (Lipinski definition) is 14. The summed E-state index contributed by atoms with van der Waals surface area (Å²) in [5.74, 6) is -0.398. The highest BCUT2D eigenvalue weighted by molar-refractivity contribution is 8.00. The van der Waals surface area contributed by atoms with Gasteiger partial charge in [-0.25, -0.2) is 14.2 Å². The smallest absolute Gasteiger partial charge is 0.414 e. The zero-order chi connectivity index (χ0) is 39.6. The van der Waals surface area contributed by atoms with Gasteiger partial charge in [0.25, 0.3) is 11.8 Å². The number of hydrogen-bond donors (Lipinski definition) is 2. The Bertz CT molecular complexity index is 2210. The lowest BCUT2D eigenvalue weighted by Crippen LogP contribution is -2.71. The van der Waals surface area contributed by atoms with Crippen molar-refractivity contribution in [1.29, 1.82) is 0 Å². The van der Waals surface area contributed by atoms with E-state index in [1.54, 1.807) is 65.3 Å². The maximum atomic E-state index is 14.0. The lowest BCUT2D eigenvalue weighted by atomic mass is 10.0. The molecule has 5 heterocycles. The van der Waals surface area contributed by atoms with Crippen molar-refractivity contribution in [2.45, 2.75) is 77.2 Å². The molecule has 0 radical (unpaired) electrons. The van der Waals surface area contributed by atoms with E-state index in [-0.39, 0.29) is 35.6 Å². The molecule has 2 atom stereocenters. The summed E-state index contributed by atoms with van der Waals surface area (Å²) >= 11 is 2.23. The van der Waals surface area contributed by atoms with Crippen LogP contribution in [0.15, 0.2) is 65.3 Å². The number of pyridine rings is 1. The van der Waals surface area contributed by atoms with Gasteiger partial charge in [-0.05, 0) is 76.3 Å². The fourth-order valence-electron chi connectivity index (χ4n) is 6.18. The maximum Gasteiger partial charge on any atom is 0.414 e. The zero-order valence-electron chi connectivity index (χ0n) is 31.5. The first-order valence-electron chi connectivity index (χ1n) is 18.1. The molecule has 4 aromatic rings. The summed E-state index contributed by atoms with van der Waals surface area (Å²) in [7, 11) is 1.57. The van der Waals surface area contributed by atoms with Crippen LogP contribution in [0.4, 0.5) is 9.93 Å². The number of thioether (sulfide) groups is 1. The summed E-state index contributed by atoms with van der Waals surface area (Å²) in [5, 5.41) is 8.61. The Hall–Kier alpha value is -5.56. The molecular formula is C37H42N9O8S2+. The number of esters is 1. The number of benzene rings is 1. The Morgan fingerprint density at radius 3 is 2.62 bits per heavy atom. The Balaban J connectivity index is 1.12. The van der Waals surface area contributed by atoms with Gasteiger partial charge in [0, 0.05) is 22.9 Å². The molecule has 19 heteroatoms. The number of aromatic nitrogens is 5. The van der Waals surface area contributed by atoms with Crippen molar-refractivity contribution >= 4 is 69.2 Å². The van der Waals surface area contributed by atoms with Crippen LogP contribution in [0.2, 0.25) is 0 Å². The lowest BCUT2D eigenvalue weighted by Gasteiger charge is -2.49. The monoisotopic (exact) mass is 804 g/mol. The number of methoxy groups -OCH3 is 1. The fraction of sp³-hybridized carbons (Fsp3) is 0.432. The molecule has 56 heavy (non-hydrogen) atoms. The number of β-lactam (4-membered cyclic amide) rings is 1. The summed E-state index contributed by atoms with van der Waals surface area (Å²) in [6, 6.07) is 10.1. The average Bonchev–Trinajstić information content (AvgIpc) is 3.78. The SMILES string of the molecule is CCO/N=C(\C(=O)NC1C(=O)N2C(C(=O)OCc3ccc(OC)cc3)=C(C[n+]3cn(CC4CC4)c4cccnc43)CSC12)c1nsc(NC(=O)OC(C)(C)C)n1. The van der Waals surface area contributed by atoms with Crippen LogP contribution in [0.5, 0.6) is 5.75 Å². The van der Waals surface area contributed by atoms with Crippen molar-refractivity contribution in [1.82, 2.24) is 29.1 Å². The van der Waals surface area contributed by atoms with Crippen LogP contribution in [0.25, 0.3) is 11.2 Å². The molecule has 2 fully saturated rings. The molecule has 2 aliphatic heterocycles. The number of amides is 3. The second-order valence-corrected chi connectivity index (χ2v) is 16.2. The van der Waals surface area contributed by atoms with Crippen LogP contribution in [0, 0.1) is 5.92 Å². The molecule has 1 saturated heterocycles. The van der Waals surface area contributed by atoms with Gasteiger partial charge in [-0.3, -0.25) is 24.4 Å². The van der Waals surface area contributed by atoms with Crippen molar-refractivity contribution in [2.75, 3.05) is 24.8 Å². The van der Waals surface area contributed by atoms with Crippen molar-refractivity contribution in [3.05, 3.63) is 71.6 Å². The first-order chi connectivity index (χ1) is 26.9. The van der Waals surface area contributed by atoms with Crippen LogP contribution < -0.4 is 19.9 Å². The molecule has 2 N–H and O–H groups in total. The van der Waals surface area contributed by atoms with Gasteiger partial charge in [0.05, 0.1) is 20.2 Å². The molecular weight excluding hydrogens is 763 g/mol. The molecule has 1 aromatic carbocycles. The summed E-state index contributed by atoms with van der Waals surface area (Å²) in [6.07, 6.45) is 5.38. The molecule has 1 saturated carbocycles. The van der Waals surface area contributed by atoms with Gasteiger partial charge in [-0.1, -0.05) is 17.3 Å². The number of nitrogens with zero attached hydrogens (tertiary/aromatic N) is 7. The van der Waals surface area contributed by atoms with Crippen LogP contribution in [0.1, 0.15) is 51.9 Å². The summed E-state index contributed by atoms with van der Waals surface area (Å²) in [4.78, 5) is 69.5.